The Morgan fingerprint density at radius 3 is 2.47 bits per heavy atom. The van der Waals surface area contributed by atoms with Crippen molar-refractivity contribution in [3.63, 3.8) is 0 Å². The molecule has 5 heteroatoms. The third-order valence-corrected chi connectivity index (χ3v) is 3.13. The molecule has 2 heterocycles. The van der Waals surface area contributed by atoms with Crippen molar-refractivity contribution < 1.29 is 0 Å². The lowest BCUT2D eigenvalue weighted by molar-refractivity contribution is 0.584. The lowest BCUT2D eigenvalue weighted by Crippen LogP contribution is -2.43. The summed E-state index contributed by atoms with van der Waals surface area (Å²) in [4.78, 5) is 11.1. The molecule has 1 saturated heterocycles. The Kier molecular flexibility index (Phi) is 3.56. The third kappa shape index (κ3) is 3.00. The molecule has 1 aliphatic rings. The first-order valence-electron chi connectivity index (χ1n) is 6.51. The van der Waals surface area contributed by atoms with Gasteiger partial charge >= 0.3 is 0 Å². The van der Waals surface area contributed by atoms with Crippen LogP contribution in [0.1, 0.15) is 0 Å². The molecular formula is C14H17N5. The van der Waals surface area contributed by atoms with Crippen LogP contribution in [0.2, 0.25) is 0 Å². The maximum atomic E-state index is 4.47. The van der Waals surface area contributed by atoms with Crippen LogP contribution in [0, 0.1) is 0 Å². The average molecular weight is 255 g/mol. The number of para-hydroxylation sites is 1. The van der Waals surface area contributed by atoms with Gasteiger partial charge in [0.2, 0.25) is 0 Å². The molecule has 1 aliphatic heterocycles. The van der Waals surface area contributed by atoms with E-state index in [-0.39, 0.29) is 0 Å². The first-order valence-corrected chi connectivity index (χ1v) is 6.51. The topological polar surface area (TPSA) is 53.1 Å². The van der Waals surface area contributed by atoms with Gasteiger partial charge in [-0.3, -0.25) is 0 Å². The van der Waals surface area contributed by atoms with Crippen LogP contribution in [0.3, 0.4) is 0 Å². The summed E-state index contributed by atoms with van der Waals surface area (Å²) in [6, 6.07) is 9.98. The molecule has 0 saturated carbocycles. The van der Waals surface area contributed by atoms with E-state index in [9.17, 15) is 0 Å². The first-order chi connectivity index (χ1) is 9.42. The Labute approximate surface area is 112 Å². The van der Waals surface area contributed by atoms with Crippen molar-refractivity contribution in [3.05, 3.63) is 42.7 Å². The fourth-order valence-corrected chi connectivity index (χ4v) is 2.11. The minimum atomic E-state index is 0.769. The minimum Gasteiger partial charge on any atom is -0.353 e. The van der Waals surface area contributed by atoms with Gasteiger partial charge in [0.1, 0.15) is 11.6 Å². The van der Waals surface area contributed by atoms with E-state index in [2.05, 4.69) is 25.5 Å². The second-order valence-corrected chi connectivity index (χ2v) is 4.49. The summed E-state index contributed by atoms with van der Waals surface area (Å²) in [6.07, 6.45) is 3.61. The molecule has 2 N–H and O–H groups in total. The molecule has 1 aromatic carbocycles. The van der Waals surface area contributed by atoms with Gasteiger partial charge in [0, 0.05) is 31.9 Å². The van der Waals surface area contributed by atoms with E-state index in [1.165, 1.54) is 0 Å². The fraction of sp³-hybridized carbons (Fsp3) is 0.286. The number of piperazine rings is 1. The van der Waals surface area contributed by atoms with Gasteiger partial charge in [0.05, 0.1) is 12.4 Å². The highest BCUT2D eigenvalue weighted by Crippen LogP contribution is 2.15. The van der Waals surface area contributed by atoms with Crippen molar-refractivity contribution in [2.45, 2.75) is 0 Å². The SMILES string of the molecule is c1ccc(Nc2cnc(N3CCNCC3)cn2)cc1. The van der Waals surface area contributed by atoms with Gasteiger partial charge in [0.25, 0.3) is 0 Å². The van der Waals surface area contributed by atoms with Crippen molar-refractivity contribution >= 4 is 17.3 Å². The zero-order valence-corrected chi connectivity index (χ0v) is 10.7. The second kappa shape index (κ2) is 5.67. The summed E-state index contributed by atoms with van der Waals surface area (Å²) < 4.78 is 0. The third-order valence-electron chi connectivity index (χ3n) is 3.13. The van der Waals surface area contributed by atoms with E-state index in [1.807, 2.05) is 36.5 Å². The zero-order chi connectivity index (χ0) is 12.9. The summed E-state index contributed by atoms with van der Waals surface area (Å²) in [5, 5.41) is 6.56. The molecule has 1 aromatic heterocycles. The smallest absolute Gasteiger partial charge is 0.149 e. The summed E-state index contributed by atoms with van der Waals surface area (Å²) in [7, 11) is 0. The van der Waals surface area contributed by atoms with Crippen LogP contribution in [-0.2, 0) is 0 Å². The number of aromatic nitrogens is 2. The molecule has 0 spiro atoms. The van der Waals surface area contributed by atoms with E-state index in [1.54, 1.807) is 6.20 Å². The molecule has 0 bridgehead atoms. The average Bonchev–Trinajstić information content (AvgIpc) is 2.50. The monoisotopic (exact) mass is 255 g/mol. The highest BCUT2D eigenvalue weighted by molar-refractivity contribution is 5.55. The summed E-state index contributed by atoms with van der Waals surface area (Å²) in [5.41, 5.74) is 1.02. The maximum absolute atomic E-state index is 4.47. The molecule has 5 nitrogen and oxygen atoms in total. The van der Waals surface area contributed by atoms with Gasteiger partial charge in [-0.15, -0.1) is 0 Å². The van der Waals surface area contributed by atoms with Crippen molar-refractivity contribution in [1.29, 1.82) is 0 Å². The van der Waals surface area contributed by atoms with E-state index in [0.717, 1.165) is 43.5 Å². The summed E-state index contributed by atoms with van der Waals surface area (Å²) in [6.45, 7) is 3.98. The van der Waals surface area contributed by atoms with Crippen LogP contribution in [-0.4, -0.2) is 36.1 Å². The van der Waals surface area contributed by atoms with Crippen LogP contribution < -0.4 is 15.5 Å². The molecule has 19 heavy (non-hydrogen) atoms. The number of benzene rings is 1. The van der Waals surface area contributed by atoms with E-state index in [0.29, 0.717) is 0 Å². The largest absolute Gasteiger partial charge is 0.353 e. The molecule has 0 radical (unpaired) electrons. The van der Waals surface area contributed by atoms with Gasteiger partial charge in [0.15, 0.2) is 0 Å². The molecule has 0 amide bonds. The van der Waals surface area contributed by atoms with E-state index < -0.39 is 0 Å². The van der Waals surface area contributed by atoms with Crippen molar-refractivity contribution in [1.82, 2.24) is 15.3 Å². The van der Waals surface area contributed by atoms with Crippen molar-refractivity contribution in [3.8, 4) is 0 Å². The van der Waals surface area contributed by atoms with Crippen LogP contribution >= 0.6 is 0 Å². The van der Waals surface area contributed by atoms with Crippen LogP contribution in [0.4, 0.5) is 17.3 Å². The van der Waals surface area contributed by atoms with Gasteiger partial charge in [-0.1, -0.05) is 18.2 Å². The van der Waals surface area contributed by atoms with Gasteiger partial charge in [-0.05, 0) is 12.1 Å². The molecule has 2 aromatic rings. The number of hydrogen-bond acceptors (Lipinski definition) is 5. The zero-order valence-electron chi connectivity index (χ0n) is 10.7. The highest BCUT2D eigenvalue weighted by Gasteiger charge is 2.11. The first kappa shape index (κ1) is 11.9. The fourth-order valence-electron chi connectivity index (χ4n) is 2.11. The maximum Gasteiger partial charge on any atom is 0.149 e. The number of rotatable bonds is 3. The number of hydrogen-bond donors (Lipinski definition) is 2. The van der Waals surface area contributed by atoms with Crippen molar-refractivity contribution in [2.75, 3.05) is 36.4 Å². The Morgan fingerprint density at radius 2 is 1.79 bits per heavy atom. The number of nitrogens with zero attached hydrogens (tertiary/aromatic N) is 3. The highest BCUT2D eigenvalue weighted by atomic mass is 15.2. The molecule has 0 atom stereocenters. The predicted molar refractivity (Wildman–Crippen MR) is 76.8 cm³/mol. The normalized spacial score (nSPS) is 15.3. The molecular weight excluding hydrogens is 238 g/mol. The minimum absolute atomic E-state index is 0.769. The molecule has 0 unspecified atom stereocenters. The van der Waals surface area contributed by atoms with Gasteiger partial charge < -0.3 is 15.5 Å². The lowest BCUT2D eigenvalue weighted by Gasteiger charge is -2.28. The second-order valence-electron chi connectivity index (χ2n) is 4.49. The quantitative estimate of drug-likeness (QED) is 0.873. The van der Waals surface area contributed by atoms with Crippen molar-refractivity contribution in [2.24, 2.45) is 0 Å². The predicted octanol–water partition coefficient (Wildman–Crippen LogP) is 1.63. The van der Waals surface area contributed by atoms with E-state index in [4.69, 9.17) is 0 Å². The summed E-state index contributed by atoms with van der Waals surface area (Å²) in [5.74, 6) is 1.71. The Bertz CT molecular complexity index is 505. The molecule has 98 valence electrons. The Balaban J connectivity index is 1.68. The molecule has 1 fully saturated rings. The van der Waals surface area contributed by atoms with Crippen LogP contribution in [0.25, 0.3) is 0 Å². The standard InChI is InChI=1S/C14H17N5/c1-2-4-12(5-3-1)18-13-10-17-14(11-16-13)19-8-6-15-7-9-19/h1-5,10-11,15H,6-9H2,(H,16,18). The Morgan fingerprint density at radius 1 is 1.00 bits per heavy atom. The Hall–Kier alpha value is -2.14. The number of anilines is 3. The van der Waals surface area contributed by atoms with E-state index >= 15 is 0 Å². The molecule has 0 aliphatic carbocycles. The molecule has 3 rings (SSSR count). The van der Waals surface area contributed by atoms with Crippen LogP contribution in [0.15, 0.2) is 42.7 Å². The lowest BCUT2D eigenvalue weighted by atomic mass is 10.3. The van der Waals surface area contributed by atoms with Gasteiger partial charge in [-0.25, -0.2) is 9.97 Å². The van der Waals surface area contributed by atoms with Gasteiger partial charge in [-0.2, -0.15) is 0 Å². The summed E-state index contributed by atoms with van der Waals surface area (Å²) >= 11 is 0. The number of nitrogens with one attached hydrogen (secondary N) is 2. The van der Waals surface area contributed by atoms with Crippen LogP contribution in [0.5, 0.6) is 0 Å².